The molecule has 0 bridgehead atoms. The third-order valence-electron chi connectivity index (χ3n) is 3.69. The smallest absolute Gasteiger partial charge is 0.128 e. The van der Waals surface area contributed by atoms with Crippen molar-refractivity contribution in [2.75, 3.05) is 7.11 Å². The highest BCUT2D eigenvalue weighted by atomic mass is 35.5. The SMILES string of the molecule is COc1cccc(Cl)c1-c1cc(F)ccc1OCc1cccc(F)c1. The average molecular weight is 361 g/mol. The summed E-state index contributed by atoms with van der Waals surface area (Å²) in [7, 11) is 1.52. The van der Waals surface area contributed by atoms with Gasteiger partial charge in [0.2, 0.25) is 0 Å². The molecular formula is C20H15ClF2O2. The maximum absolute atomic E-state index is 13.8. The fourth-order valence-electron chi connectivity index (χ4n) is 2.55. The van der Waals surface area contributed by atoms with Crippen LogP contribution in [0.3, 0.4) is 0 Å². The fourth-order valence-corrected chi connectivity index (χ4v) is 2.81. The number of benzene rings is 3. The van der Waals surface area contributed by atoms with Gasteiger partial charge in [0.25, 0.3) is 0 Å². The quantitative estimate of drug-likeness (QED) is 0.566. The third kappa shape index (κ3) is 3.91. The minimum atomic E-state index is -0.421. The average Bonchev–Trinajstić information content (AvgIpc) is 2.60. The van der Waals surface area contributed by atoms with Crippen LogP contribution < -0.4 is 9.47 Å². The summed E-state index contributed by atoms with van der Waals surface area (Å²) in [6, 6.07) is 15.4. The van der Waals surface area contributed by atoms with E-state index in [1.807, 2.05) is 0 Å². The van der Waals surface area contributed by atoms with Crippen LogP contribution >= 0.6 is 11.6 Å². The second kappa shape index (κ2) is 7.53. The van der Waals surface area contributed by atoms with Gasteiger partial charge in [-0.25, -0.2) is 8.78 Å². The van der Waals surface area contributed by atoms with Gasteiger partial charge in [0.05, 0.1) is 12.1 Å². The highest BCUT2D eigenvalue weighted by Crippen LogP contribution is 2.41. The molecule has 0 amide bonds. The zero-order valence-corrected chi connectivity index (χ0v) is 14.2. The van der Waals surface area contributed by atoms with Gasteiger partial charge >= 0.3 is 0 Å². The molecule has 128 valence electrons. The number of hydrogen-bond donors (Lipinski definition) is 0. The Labute approximate surface area is 149 Å². The Kier molecular flexibility index (Phi) is 5.19. The molecule has 0 spiro atoms. The Hall–Kier alpha value is -2.59. The molecule has 0 aliphatic heterocycles. The summed E-state index contributed by atoms with van der Waals surface area (Å²) >= 11 is 6.30. The van der Waals surface area contributed by atoms with Gasteiger partial charge in [0, 0.05) is 11.1 Å². The normalized spacial score (nSPS) is 10.6. The fraction of sp³-hybridized carbons (Fsp3) is 0.100. The number of rotatable bonds is 5. The van der Waals surface area contributed by atoms with Gasteiger partial charge in [0.1, 0.15) is 29.7 Å². The molecule has 0 unspecified atom stereocenters. The molecule has 0 radical (unpaired) electrons. The summed E-state index contributed by atoms with van der Waals surface area (Å²) in [4.78, 5) is 0. The van der Waals surface area contributed by atoms with E-state index in [4.69, 9.17) is 21.1 Å². The summed E-state index contributed by atoms with van der Waals surface area (Å²) < 4.78 is 38.3. The van der Waals surface area contributed by atoms with Gasteiger partial charge in [0.15, 0.2) is 0 Å². The van der Waals surface area contributed by atoms with Gasteiger partial charge in [-0.1, -0.05) is 29.8 Å². The van der Waals surface area contributed by atoms with Crippen molar-refractivity contribution in [1.82, 2.24) is 0 Å². The Morgan fingerprint density at radius 2 is 1.64 bits per heavy atom. The van der Waals surface area contributed by atoms with E-state index in [9.17, 15) is 8.78 Å². The summed E-state index contributed by atoms with van der Waals surface area (Å²) in [6.07, 6.45) is 0. The standard InChI is InChI=1S/C20H15ClF2O2/c1-24-19-7-3-6-17(21)20(19)16-11-15(23)8-9-18(16)25-12-13-4-2-5-14(22)10-13/h2-11H,12H2,1H3. The molecule has 3 rings (SSSR count). The maximum Gasteiger partial charge on any atom is 0.128 e. The molecule has 0 saturated carbocycles. The van der Waals surface area contributed by atoms with Crippen molar-refractivity contribution < 1.29 is 18.3 Å². The highest BCUT2D eigenvalue weighted by Gasteiger charge is 2.16. The Morgan fingerprint density at radius 1 is 0.880 bits per heavy atom. The number of ether oxygens (including phenoxy) is 2. The van der Waals surface area contributed by atoms with E-state index in [1.54, 1.807) is 30.3 Å². The van der Waals surface area contributed by atoms with Crippen molar-refractivity contribution in [2.45, 2.75) is 6.61 Å². The summed E-state index contributed by atoms with van der Waals surface area (Å²) in [5.74, 6) is 0.175. The predicted molar refractivity (Wildman–Crippen MR) is 94.1 cm³/mol. The van der Waals surface area contributed by atoms with E-state index in [2.05, 4.69) is 0 Å². The lowest BCUT2D eigenvalue weighted by Crippen LogP contribution is -1.99. The molecule has 3 aromatic rings. The molecule has 0 aromatic heterocycles. The van der Waals surface area contributed by atoms with Gasteiger partial charge < -0.3 is 9.47 Å². The molecule has 25 heavy (non-hydrogen) atoms. The van der Waals surface area contributed by atoms with Gasteiger partial charge in [-0.3, -0.25) is 0 Å². The van der Waals surface area contributed by atoms with Crippen LogP contribution in [0.4, 0.5) is 8.78 Å². The molecule has 3 aromatic carbocycles. The lowest BCUT2D eigenvalue weighted by Gasteiger charge is -2.15. The van der Waals surface area contributed by atoms with Crippen LogP contribution in [-0.2, 0) is 6.61 Å². The third-order valence-corrected chi connectivity index (χ3v) is 4.00. The summed E-state index contributed by atoms with van der Waals surface area (Å²) in [6.45, 7) is 0.142. The Morgan fingerprint density at radius 3 is 2.40 bits per heavy atom. The number of halogens is 3. The minimum absolute atomic E-state index is 0.142. The lowest BCUT2D eigenvalue weighted by atomic mass is 10.0. The molecule has 0 heterocycles. The summed E-state index contributed by atoms with van der Waals surface area (Å²) in [5, 5.41) is 0.417. The largest absolute Gasteiger partial charge is 0.496 e. The predicted octanol–water partition coefficient (Wildman–Crippen LogP) is 5.87. The van der Waals surface area contributed by atoms with Crippen LogP contribution in [0.5, 0.6) is 11.5 Å². The van der Waals surface area contributed by atoms with Crippen LogP contribution in [0.1, 0.15) is 5.56 Å². The second-order valence-electron chi connectivity index (χ2n) is 5.38. The van der Waals surface area contributed by atoms with Gasteiger partial charge in [-0.05, 0) is 48.0 Å². The first-order valence-corrected chi connectivity index (χ1v) is 7.96. The van der Waals surface area contributed by atoms with Gasteiger partial charge in [-0.15, -0.1) is 0 Å². The van der Waals surface area contributed by atoms with Crippen LogP contribution in [0.15, 0.2) is 60.7 Å². The topological polar surface area (TPSA) is 18.5 Å². The molecule has 0 atom stereocenters. The Balaban J connectivity index is 1.99. The van der Waals surface area contributed by atoms with Crippen molar-refractivity contribution in [1.29, 1.82) is 0 Å². The first-order chi connectivity index (χ1) is 12.1. The zero-order valence-electron chi connectivity index (χ0n) is 13.4. The molecule has 2 nitrogen and oxygen atoms in total. The van der Waals surface area contributed by atoms with Crippen LogP contribution in [-0.4, -0.2) is 7.11 Å². The van der Waals surface area contributed by atoms with E-state index in [0.717, 1.165) is 0 Å². The minimum Gasteiger partial charge on any atom is -0.496 e. The molecular weight excluding hydrogens is 346 g/mol. The molecule has 0 N–H and O–H groups in total. The highest BCUT2D eigenvalue weighted by molar-refractivity contribution is 6.33. The first-order valence-electron chi connectivity index (χ1n) is 7.58. The molecule has 5 heteroatoms. The van der Waals surface area contributed by atoms with E-state index in [1.165, 1.54) is 37.4 Å². The van der Waals surface area contributed by atoms with Crippen LogP contribution in [0.25, 0.3) is 11.1 Å². The van der Waals surface area contributed by atoms with E-state index in [0.29, 0.717) is 33.2 Å². The second-order valence-corrected chi connectivity index (χ2v) is 5.78. The molecule has 0 aliphatic carbocycles. The van der Waals surface area contributed by atoms with E-state index >= 15 is 0 Å². The van der Waals surface area contributed by atoms with Crippen molar-refractivity contribution in [2.24, 2.45) is 0 Å². The molecule has 0 saturated heterocycles. The van der Waals surface area contributed by atoms with E-state index < -0.39 is 5.82 Å². The van der Waals surface area contributed by atoms with Crippen molar-refractivity contribution in [3.8, 4) is 22.6 Å². The van der Waals surface area contributed by atoms with Crippen molar-refractivity contribution >= 4 is 11.6 Å². The van der Waals surface area contributed by atoms with Crippen LogP contribution in [0, 0.1) is 11.6 Å². The first kappa shape index (κ1) is 17.2. The molecule has 0 aliphatic rings. The monoisotopic (exact) mass is 360 g/mol. The zero-order chi connectivity index (χ0) is 17.8. The summed E-state index contributed by atoms with van der Waals surface area (Å²) in [5.41, 5.74) is 1.68. The number of methoxy groups -OCH3 is 1. The van der Waals surface area contributed by atoms with Crippen LogP contribution in [0.2, 0.25) is 5.02 Å². The van der Waals surface area contributed by atoms with Crippen molar-refractivity contribution in [3.63, 3.8) is 0 Å². The Bertz CT molecular complexity index is 897. The van der Waals surface area contributed by atoms with Crippen molar-refractivity contribution in [3.05, 3.63) is 82.9 Å². The van der Waals surface area contributed by atoms with E-state index in [-0.39, 0.29) is 12.4 Å². The van der Waals surface area contributed by atoms with Gasteiger partial charge in [-0.2, -0.15) is 0 Å². The maximum atomic E-state index is 13.8. The molecule has 0 fully saturated rings. The number of hydrogen-bond acceptors (Lipinski definition) is 2. The lowest BCUT2D eigenvalue weighted by molar-refractivity contribution is 0.306.